The van der Waals surface area contributed by atoms with Crippen LogP contribution in [-0.4, -0.2) is 14.8 Å². The van der Waals surface area contributed by atoms with E-state index in [9.17, 15) is 0 Å². The monoisotopic (exact) mass is 405 g/mol. The van der Waals surface area contributed by atoms with Crippen molar-refractivity contribution in [3.8, 4) is 11.4 Å². The maximum Gasteiger partial charge on any atom is 0.165 e. The maximum absolute atomic E-state index is 5.97. The lowest BCUT2D eigenvalue weighted by molar-refractivity contribution is 0.390. The number of alkyl halides is 1. The third-order valence-electron chi connectivity index (χ3n) is 2.69. The molecule has 0 saturated heterocycles. The molecule has 0 saturated carbocycles. The molecule has 1 aromatic carbocycles. The fourth-order valence-electron chi connectivity index (χ4n) is 1.95. The summed E-state index contributed by atoms with van der Waals surface area (Å²) >= 11 is 13.0. The molecular weight excluding hydrogens is 393 g/mol. The van der Waals surface area contributed by atoms with E-state index in [-0.39, 0.29) is 5.54 Å². The summed E-state index contributed by atoms with van der Waals surface area (Å²) in [5, 5.41) is 8.50. The molecule has 0 aliphatic carbocycles. The SMILES string of the molecule is CC(C)(C)n1c(CCl)nnc1-c1cc(Br)ccc1Br. The molecular formula is C13H14Br2ClN3. The molecule has 0 N–H and O–H groups in total. The number of rotatable bonds is 2. The number of hydrogen-bond acceptors (Lipinski definition) is 2. The highest BCUT2D eigenvalue weighted by Crippen LogP contribution is 2.33. The summed E-state index contributed by atoms with van der Waals surface area (Å²) in [5.41, 5.74) is 0.860. The van der Waals surface area contributed by atoms with E-state index in [1.807, 2.05) is 18.2 Å². The third kappa shape index (κ3) is 3.03. The number of halogens is 3. The van der Waals surface area contributed by atoms with Gasteiger partial charge in [-0.2, -0.15) is 0 Å². The predicted molar refractivity (Wildman–Crippen MR) is 85.4 cm³/mol. The third-order valence-corrected chi connectivity index (χ3v) is 4.11. The molecule has 0 radical (unpaired) electrons. The van der Waals surface area contributed by atoms with Gasteiger partial charge in [-0.05, 0) is 39.0 Å². The summed E-state index contributed by atoms with van der Waals surface area (Å²) in [5.74, 6) is 1.93. The molecule has 0 aliphatic heterocycles. The Labute approximate surface area is 134 Å². The molecule has 1 heterocycles. The second-order valence-corrected chi connectivity index (χ2v) is 7.24. The summed E-state index contributed by atoms with van der Waals surface area (Å²) in [6.45, 7) is 6.34. The van der Waals surface area contributed by atoms with Crippen LogP contribution < -0.4 is 0 Å². The van der Waals surface area contributed by atoms with Crippen LogP contribution in [0.4, 0.5) is 0 Å². The Balaban J connectivity index is 2.69. The molecule has 0 spiro atoms. The average Bonchev–Trinajstić information content (AvgIpc) is 2.75. The van der Waals surface area contributed by atoms with Crippen LogP contribution in [-0.2, 0) is 11.4 Å². The second-order valence-electron chi connectivity index (χ2n) is 5.20. The molecule has 102 valence electrons. The van der Waals surface area contributed by atoms with E-state index in [1.165, 1.54) is 0 Å². The first-order valence-corrected chi connectivity index (χ1v) is 7.93. The predicted octanol–water partition coefficient (Wildman–Crippen LogP) is 4.96. The highest BCUT2D eigenvalue weighted by atomic mass is 79.9. The minimum atomic E-state index is -0.134. The number of hydrogen-bond donors (Lipinski definition) is 0. The molecule has 0 unspecified atom stereocenters. The Morgan fingerprint density at radius 1 is 1.21 bits per heavy atom. The number of nitrogens with zero attached hydrogens (tertiary/aromatic N) is 3. The van der Waals surface area contributed by atoms with E-state index in [2.05, 4.69) is 67.4 Å². The maximum atomic E-state index is 5.97. The quantitative estimate of drug-likeness (QED) is 0.659. The van der Waals surface area contributed by atoms with E-state index < -0.39 is 0 Å². The van der Waals surface area contributed by atoms with Crippen molar-refractivity contribution in [1.29, 1.82) is 0 Å². The van der Waals surface area contributed by atoms with Crippen molar-refractivity contribution < 1.29 is 0 Å². The van der Waals surface area contributed by atoms with Crippen molar-refractivity contribution >= 4 is 43.5 Å². The van der Waals surface area contributed by atoms with Gasteiger partial charge in [0, 0.05) is 20.0 Å². The molecule has 1 aromatic heterocycles. The van der Waals surface area contributed by atoms with Gasteiger partial charge in [0.05, 0.1) is 5.88 Å². The molecule has 0 fully saturated rings. The Kier molecular flexibility index (Phi) is 4.38. The van der Waals surface area contributed by atoms with Gasteiger partial charge in [-0.3, -0.25) is 0 Å². The van der Waals surface area contributed by atoms with Crippen LogP contribution in [0.15, 0.2) is 27.1 Å². The van der Waals surface area contributed by atoms with Gasteiger partial charge < -0.3 is 4.57 Å². The largest absolute Gasteiger partial charge is 0.305 e. The van der Waals surface area contributed by atoms with Crippen LogP contribution in [0.25, 0.3) is 11.4 Å². The number of aromatic nitrogens is 3. The van der Waals surface area contributed by atoms with Crippen molar-refractivity contribution in [2.45, 2.75) is 32.2 Å². The van der Waals surface area contributed by atoms with E-state index >= 15 is 0 Å². The molecule has 0 aliphatic rings. The molecule has 2 aromatic rings. The van der Waals surface area contributed by atoms with Crippen molar-refractivity contribution in [3.05, 3.63) is 33.0 Å². The molecule has 6 heteroatoms. The minimum Gasteiger partial charge on any atom is -0.305 e. The first-order chi connectivity index (χ1) is 8.84. The van der Waals surface area contributed by atoms with Crippen LogP contribution in [0.2, 0.25) is 0 Å². The Morgan fingerprint density at radius 3 is 2.47 bits per heavy atom. The van der Waals surface area contributed by atoms with Crippen LogP contribution in [0, 0.1) is 0 Å². The van der Waals surface area contributed by atoms with Crippen LogP contribution in [0.1, 0.15) is 26.6 Å². The summed E-state index contributed by atoms with van der Waals surface area (Å²) < 4.78 is 4.06. The normalized spacial score (nSPS) is 11.9. The van der Waals surface area contributed by atoms with E-state index in [4.69, 9.17) is 11.6 Å². The molecule has 19 heavy (non-hydrogen) atoms. The lowest BCUT2D eigenvalue weighted by atomic mass is 10.1. The Bertz CT molecular complexity index is 602. The van der Waals surface area contributed by atoms with E-state index in [0.717, 1.165) is 26.2 Å². The lowest BCUT2D eigenvalue weighted by Crippen LogP contribution is -2.24. The lowest BCUT2D eigenvalue weighted by Gasteiger charge is -2.25. The van der Waals surface area contributed by atoms with E-state index in [1.54, 1.807) is 0 Å². The van der Waals surface area contributed by atoms with Gasteiger partial charge in [-0.15, -0.1) is 21.8 Å². The van der Waals surface area contributed by atoms with Gasteiger partial charge in [-0.25, -0.2) is 0 Å². The second kappa shape index (κ2) is 5.54. The van der Waals surface area contributed by atoms with Gasteiger partial charge in [-0.1, -0.05) is 31.9 Å². The Hall–Kier alpha value is -0.390. The molecule has 2 rings (SSSR count). The molecule has 0 atom stereocenters. The topological polar surface area (TPSA) is 30.7 Å². The van der Waals surface area contributed by atoms with Crippen LogP contribution in [0.5, 0.6) is 0 Å². The van der Waals surface area contributed by atoms with Gasteiger partial charge in [0.1, 0.15) is 5.82 Å². The molecule has 0 amide bonds. The summed E-state index contributed by atoms with van der Waals surface area (Å²) in [7, 11) is 0. The van der Waals surface area contributed by atoms with Crippen molar-refractivity contribution in [2.75, 3.05) is 0 Å². The molecule has 0 bridgehead atoms. The summed E-state index contributed by atoms with van der Waals surface area (Å²) in [6.07, 6.45) is 0. The minimum absolute atomic E-state index is 0.134. The Morgan fingerprint density at radius 2 is 1.89 bits per heavy atom. The first-order valence-electron chi connectivity index (χ1n) is 5.80. The zero-order valence-electron chi connectivity index (χ0n) is 10.9. The highest BCUT2D eigenvalue weighted by molar-refractivity contribution is 9.11. The van der Waals surface area contributed by atoms with Gasteiger partial charge in [0.25, 0.3) is 0 Å². The summed E-state index contributed by atoms with van der Waals surface area (Å²) in [4.78, 5) is 0. The van der Waals surface area contributed by atoms with Crippen LogP contribution >= 0.6 is 43.5 Å². The molecule has 3 nitrogen and oxygen atoms in total. The van der Waals surface area contributed by atoms with Crippen molar-refractivity contribution in [2.24, 2.45) is 0 Å². The standard InChI is InChI=1S/C13H14Br2ClN3/c1-13(2,3)19-11(7-16)17-18-12(19)9-6-8(14)4-5-10(9)15/h4-6H,7H2,1-3H3. The van der Waals surface area contributed by atoms with E-state index in [0.29, 0.717) is 5.88 Å². The smallest absolute Gasteiger partial charge is 0.165 e. The van der Waals surface area contributed by atoms with Gasteiger partial charge >= 0.3 is 0 Å². The van der Waals surface area contributed by atoms with Crippen molar-refractivity contribution in [1.82, 2.24) is 14.8 Å². The zero-order chi connectivity index (χ0) is 14.2. The summed E-state index contributed by atoms with van der Waals surface area (Å²) in [6, 6.07) is 5.99. The van der Waals surface area contributed by atoms with Crippen molar-refractivity contribution in [3.63, 3.8) is 0 Å². The fraction of sp³-hybridized carbons (Fsp3) is 0.385. The highest BCUT2D eigenvalue weighted by Gasteiger charge is 2.24. The van der Waals surface area contributed by atoms with Gasteiger partial charge in [0.15, 0.2) is 5.82 Å². The fourth-order valence-corrected chi connectivity index (χ4v) is 2.91. The van der Waals surface area contributed by atoms with Crippen LogP contribution in [0.3, 0.4) is 0 Å². The van der Waals surface area contributed by atoms with Gasteiger partial charge in [0.2, 0.25) is 0 Å². The first kappa shape index (κ1) is 15.0. The zero-order valence-corrected chi connectivity index (χ0v) is 14.8. The number of benzene rings is 1. The average molecular weight is 408 g/mol.